The van der Waals surface area contributed by atoms with Crippen molar-refractivity contribution in [3.05, 3.63) is 29.8 Å². The number of hydrogen-bond acceptors (Lipinski definition) is 4. The fraction of sp³-hybridized carbons (Fsp3) is 0.500. The van der Waals surface area contributed by atoms with Gasteiger partial charge in [0.05, 0.1) is 20.3 Å². The van der Waals surface area contributed by atoms with Crippen LogP contribution >= 0.6 is 0 Å². The lowest BCUT2D eigenvalue weighted by Crippen LogP contribution is -2.00. The molecule has 22 heavy (non-hydrogen) atoms. The van der Waals surface area contributed by atoms with Crippen molar-refractivity contribution in [2.45, 2.75) is 39.5 Å². The fourth-order valence-corrected chi connectivity index (χ4v) is 1.97. The summed E-state index contributed by atoms with van der Waals surface area (Å²) in [5.74, 6) is 1.05. The summed E-state index contributed by atoms with van der Waals surface area (Å²) in [5, 5.41) is 0. The average molecular weight is 306 g/mol. The first-order chi connectivity index (χ1) is 10.7. The molecular formula is C18H26O4. The summed E-state index contributed by atoms with van der Waals surface area (Å²) in [4.78, 5) is 11.3. The van der Waals surface area contributed by atoms with Gasteiger partial charge in [0.2, 0.25) is 0 Å². The van der Waals surface area contributed by atoms with E-state index in [1.165, 1.54) is 25.3 Å². The molecule has 0 fully saturated rings. The van der Waals surface area contributed by atoms with Crippen LogP contribution in [0.25, 0.3) is 6.08 Å². The van der Waals surface area contributed by atoms with E-state index >= 15 is 0 Å². The topological polar surface area (TPSA) is 44.8 Å². The smallest absolute Gasteiger partial charge is 0.330 e. The molecule has 0 aromatic heterocycles. The summed E-state index contributed by atoms with van der Waals surface area (Å²) >= 11 is 0. The van der Waals surface area contributed by atoms with Crippen molar-refractivity contribution in [2.75, 3.05) is 20.3 Å². The number of carbonyl (C=O) groups is 1. The van der Waals surface area contributed by atoms with Gasteiger partial charge in [0, 0.05) is 6.08 Å². The lowest BCUT2D eigenvalue weighted by molar-refractivity contribution is -0.137. The van der Waals surface area contributed by atoms with Crippen molar-refractivity contribution in [2.24, 2.45) is 0 Å². The molecule has 0 heterocycles. The molecule has 1 rings (SSSR count). The van der Waals surface area contributed by atoms with Gasteiger partial charge in [0.1, 0.15) is 0 Å². The second-order valence-corrected chi connectivity index (χ2v) is 4.90. The number of methoxy groups -OCH3 is 1. The number of esters is 1. The molecule has 0 aliphatic rings. The van der Waals surface area contributed by atoms with Crippen LogP contribution in [0.5, 0.6) is 11.5 Å². The highest BCUT2D eigenvalue weighted by molar-refractivity contribution is 5.87. The molecule has 0 atom stereocenters. The van der Waals surface area contributed by atoms with Crippen molar-refractivity contribution in [1.82, 2.24) is 0 Å². The summed E-state index contributed by atoms with van der Waals surface area (Å²) in [6, 6.07) is 5.60. The maximum atomic E-state index is 11.3. The molecule has 0 radical (unpaired) electrons. The van der Waals surface area contributed by atoms with Gasteiger partial charge in [-0.15, -0.1) is 0 Å². The summed E-state index contributed by atoms with van der Waals surface area (Å²) < 4.78 is 15.9. The first-order valence-corrected chi connectivity index (χ1v) is 7.87. The number of hydrogen-bond donors (Lipinski definition) is 0. The molecule has 122 valence electrons. The van der Waals surface area contributed by atoms with Gasteiger partial charge in [-0.3, -0.25) is 0 Å². The number of unbranched alkanes of at least 4 members (excludes halogenated alkanes) is 3. The van der Waals surface area contributed by atoms with Crippen LogP contribution in [0.2, 0.25) is 0 Å². The van der Waals surface area contributed by atoms with Gasteiger partial charge in [0.15, 0.2) is 11.5 Å². The highest BCUT2D eigenvalue weighted by atomic mass is 16.5. The Morgan fingerprint density at radius 3 is 2.64 bits per heavy atom. The number of carbonyl (C=O) groups excluding carboxylic acids is 1. The van der Waals surface area contributed by atoms with Crippen LogP contribution in [0.15, 0.2) is 24.3 Å². The summed E-state index contributed by atoms with van der Waals surface area (Å²) in [6.45, 7) is 5.03. The van der Waals surface area contributed by atoms with E-state index in [0.717, 1.165) is 17.7 Å². The van der Waals surface area contributed by atoms with E-state index in [1.54, 1.807) is 20.1 Å². The molecule has 0 unspecified atom stereocenters. The second-order valence-electron chi connectivity index (χ2n) is 4.90. The lowest BCUT2D eigenvalue weighted by Gasteiger charge is -2.11. The largest absolute Gasteiger partial charge is 0.493 e. The van der Waals surface area contributed by atoms with Crippen LogP contribution in [0, 0.1) is 0 Å². The Kier molecular flexibility index (Phi) is 8.80. The van der Waals surface area contributed by atoms with Crippen molar-refractivity contribution >= 4 is 12.0 Å². The van der Waals surface area contributed by atoms with Gasteiger partial charge >= 0.3 is 5.97 Å². The quantitative estimate of drug-likeness (QED) is 0.368. The van der Waals surface area contributed by atoms with Gasteiger partial charge in [0.25, 0.3) is 0 Å². The van der Waals surface area contributed by atoms with Crippen LogP contribution in [0.3, 0.4) is 0 Å². The Bertz CT molecular complexity index is 480. The summed E-state index contributed by atoms with van der Waals surface area (Å²) in [7, 11) is 1.61. The van der Waals surface area contributed by atoms with E-state index in [-0.39, 0.29) is 5.97 Å². The lowest BCUT2D eigenvalue weighted by atomic mass is 10.2. The van der Waals surface area contributed by atoms with Gasteiger partial charge < -0.3 is 14.2 Å². The van der Waals surface area contributed by atoms with Crippen LogP contribution in [-0.2, 0) is 9.53 Å². The molecular weight excluding hydrogens is 280 g/mol. The molecule has 0 aliphatic carbocycles. The van der Waals surface area contributed by atoms with E-state index in [1.807, 2.05) is 18.2 Å². The summed E-state index contributed by atoms with van der Waals surface area (Å²) in [6.07, 6.45) is 7.78. The normalized spacial score (nSPS) is 10.7. The van der Waals surface area contributed by atoms with Crippen LogP contribution in [-0.4, -0.2) is 26.3 Å². The first-order valence-electron chi connectivity index (χ1n) is 7.87. The molecule has 0 saturated carbocycles. The molecule has 0 spiro atoms. The molecule has 0 saturated heterocycles. The van der Waals surface area contributed by atoms with E-state index in [4.69, 9.17) is 14.2 Å². The van der Waals surface area contributed by atoms with E-state index in [9.17, 15) is 4.79 Å². The Morgan fingerprint density at radius 2 is 1.95 bits per heavy atom. The zero-order valence-corrected chi connectivity index (χ0v) is 13.8. The third-order valence-corrected chi connectivity index (χ3v) is 3.14. The number of benzene rings is 1. The Labute approximate surface area is 133 Å². The minimum atomic E-state index is -0.349. The average Bonchev–Trinajstić information content (AvgIpc) is 2.53. The highest BCUT2D eigenvalue weighted by Crippen LogP contribution is 2.28. The fourth-order valence-electron chi connectivity index (χ4n) is 1.97. The minimum absolute atomic E-state index is 0.349. The van der Waals surface area contributed by atoms with Crippen molar-refractivity contribution < 1.29 is 19.0 Å². The third kappa shape index (κ3) is 6.66. The molecule has 1 aromatic carbocycles. The molecule has 1 aromatic rings. The highest BCUT2D eigenvalue weighted by Gasteiger charge is 2.05. The third-order valence-electron chi connectivity index (χ3n) is 3.14. The van der Waals surface area contributed by atoms with Crippen molar-refractivity contribution in [3.63, 3.8) is 0 Å². The molecule has 4 heteroatoms. The predicted octanol–water partition coefficient (Wildman–Crippen LogP) is 4.23. The van der Waals surface area contributed by atoms with E-state index in [0.29, 0.717) is 19.0 Å². The standard InChI is InChI=1S/C18H26O4/c1-4-6-7-8-13-22-16-11-9-15(14-17(16)20-3)10-12-18(19)21-5-2/h9-12,14H,4-8,13H2,1-3H3. The SMILES string of the molecule is CCCCCCOc1ccc(C=CC(=O)OCC)cc1OC. The Morgan fingerprint density at radius 1 is 1.14 bits per heavy atom. The van der Waals surface area contributed by atoms with Crippen molar-refractivity contribution in [1.29, 1.82) is 0 Å². The van der Waals surface area contributed by atoms with E-state index < -0.39 is 0 Å². The maximum Gasteiger partial charge on any atom is 0.330 e. The van der Waals surface area contributed by atoms with Crippen LogP contribution in [0.1, 0.15) is 45.1 Å². The molecule has 0 amide bonds. The predicted molar refractivity (Wildman–Crippen MR) is 88.3 cm³/mol. The zero-order valence-electron chi connectivity index (χ0n) is 13.8. The van der Waals surface area contributed by atoms with Gasteiger partial charge in [-0.25, -0.2) is 4.79 Å². The van der Waals surface area contributed by atoms with Crippen LogP contribution < -0.4 is 9.47 Å². The number of rotatable bonds is 10. The molecule has 0 aliphatic heterocycles. The monoisotopic (exact) mass is 306 g/mol. The van der Waals surface area contributed by atoms with Crippen LogP contribution in [0.4, 0.5) is 0 Å². The Hall–Kier alpha value is -1.97. The van der Waals surface area contributed by atoms with Gasteiger partial charge in [-0.1, -0.05) is 32.3 Å². The van der Waals surface area contributed by atoms with E-state index in [2.05, 4.69) is 6.92 Å². The van der Waals surface area contributed by atoms with Gasteiger partial charge in [-0.05, 0) is 37.1 Å². The summed E-state index contributed by atoms with van der Waals surface area (Å²) in [5.41, 5.74) is 0.864. The zero-order chi connectivity index (χ0) is 16.2. The minimum Gasteiger partial charge on any atom is -0.493 e. The number of ether oxygens (including phenoxy) is 3. The molecule has 0 N–H and O–H groups in total. The maximum absolute atomic E-state index is 11.3. The Balaban J connectivity index is 2.60. The molecule has 0 bridgehead atoms. The molecule has 4 nitrogen and oxygen atoms in total. The first kappa shape index (κ1) is 18.1. The van der Waals surface area contributed by atoms with Crippen molar-refractivity contribution in [3.8, 4) is 11.5 Å². The second kappa shape index (κ2) is 10.7. The van der Waals surface area contributed by atoms with Gasteiger partial charge in [-0.2, -0.15) is 0 Å².